The van der Waals surface area contributed by atoms with E-state index < -0.39 is 11.7 Å². The Hall–Kier alpha value is -1.71. The van der Waals surface area contributed by atoms with E-state index in [0.717, 1.165) is 29.4 Å². The molecule has 0 aliphatic rings. The van der Waals surface area contributed by atoms with Gasteiger partial charge >= 0.3 is 6.18 Å². The zero-order chi connectivity index (χ0) is 14.2. The number of aryl methyl sites for hydroxylation is 2. The van der Waals surface area contributed by atoms with E-state index in [0.29, 0.717) is 5.69 Å². The molecular weight excluding hydrogens is 251 g/mol. The van der Waals surface area contributed by atoms with E-state index in [4.69, 9.17) is 0 Å². The van der Waals surface area contributed by atoms with Crippen LogP contribution in [0.2, 0.25) is 0 Å². The van der Waals surface area contributed by atoms with Gasteiger partial charge in [0.15, 0.2) is 0 Å². The van der Waals surface area contributed by atoms with Crippen molar-refractivity contribution < 1.29 is 13.2 Å². The van der Waals surface area contributed by atoms with Gasteiger partial charge in [0.05, 0.1) is 5.56 Å². The van der Waals surface area contributed by atoms with Crippen LogP contribution >= 0.6 is 0 Å². The topological polar surface area (TPSA) is 4.93 Å². The highest BCUT2D eigenvalue weighted by molar-refractivity contribution is 5.43. The van der Waals surface area contributed by atoms with Crippen molar-refractivity contribution in [1.29, 1.82) is 0 Å². The predicted octanol–water partition coefficient (Wildman–Crippen LogP) is 4.68. The summed E-state index contributed by atoms with van der Waals surface area (Å²) in [5.41, 5.74) is 3.06. The molecule has 0 aliphatic carbocycles. The lowest BCUT2D eigenvalue weighted by Gasteiger charge is -2.13. The summed E-state index contributed by atoms with van der Waals surface area (Å²) >= 11 is 0. The fourth-order valence-electron chi connectivity index (χ4n) is 2.41. The van der Waals surface area contributed by atoms with E-state index in [1.165, 1.54) is 12.1 Å². The maximum Gasteiger partial charge on any atom is 0.416 e. The average Bonchev–Trinajstić information content (AvgIpc) is 2.63. The number of hydrogen-bond donors (Lipinski definition) is 0. The number of rotatable bonds is 2. The van der Waals surface area contributed by atoms with Gasteiger partial charge in [-0.15, -0.1) is 0 Å². The van der Waals surface area contributed by atoms with Gasteiger partial charge < -0.3 is 4.57 Å². The summed E-state index contributed by atoms with van der Waals surface area (Å²) in [6.07, 6.45) is -3.43. The lowest BCUT2D eigenvalue weighted by atomic mass is 10.2. The van der Waals surface area contributed by atoms with Crippen LogP contribution in [-0.4, -0.2) is 4.57 Å². The molecule has 1 heterocycles. The van der Waals surface area contributed by atoms with Crippen molar-refractivity contribution in [1.82, 2.24) is 4.57 Å². The minimum atomic E-state index is -4.31. The summed E-state index contributed by atoms with van der Waals surface area (Å²) < 4.78 is 40.1. The van der Waals surface area contributed by atoms with Crippen molar-refractivity contribution in [3.63, 3.8) is 0 Å². The second-order valence-electron chi connectivity index (χ2n) is 4.63. The molecule has 0 radical (unpaired) electrons. The Morgan fingerprint density at radius 2 is 1.79 bits per heavy atom. The first-order valence-corrected chi connectivity index (χ1v) is 6.20. The molecule has 0 saturated carbocycles. The summed E-state index contributed by atoms with van der Waals surface area (Å²) in [5.74, 6) is 0. The van der Waals surface area contributed by atoms with Crippen LogP contribution in [0.25, 0.3) is 5.69 Å². The van der Waals surface area contributed by atoms with Gasteiger partial charge in [-0.05, 0) is 50.1 Å². The molecule has 102 valence electrons. The molecule has 4 heteroatoms. The fraction of sp³-hybridized carbons (Fsp3) is 0.333. The first-order chi connectivity index (χ1) is 8.84. The number of aromatic nitrogens is 1. The maximum absolute atomic E-state index is 12.7. The quantitative estimate of drug-likeness (QED) is 0.744. The Balaban J connectivity index is 2.57. The largest absolute Gasteiger partial charge is 0.416 e. The number of benzene rings is 1. The number of nitrogens with zero attached hydrogens (tertiary/aromatic N) is 1. The van der Waals surface area contributed by atoms with Crippen LogP contribution in [-0.2, 0) is 12.6 Å². The van der Waals surface area contributed by atoms with Crippen LogP contribution in [0.1, 0.15) is 29.4 Å². The standard InChI is InChI=1S/C15H16F3N/c1-4-12-8-10(2)19(11(12)3)14-7-5-6-13(9-14)15(16,17)18/h5-9H,4H2,1-3H3. The molecule has 1 aromatic carbocycles. The van der Waals surface area contributed by atoms with Crippen LogP contribution in [0.15, 0.2) is 30.3 Å². The highest BCUT2D eigenvalue weighted by Gasteiger charge is 2.30. The molecule has 0 bridgehead atoms. The monoisotopic (exact) mass is 267 g/mol. The first kappa shape index (κ1) is 13.7. The summed E-state index contributed by atoms with van der Waals surface area (Å²) in [4.78, 5) is 0. The molecule has 2 aromatic rings. The molecule has 0 N–H and O–H groups in total. The molecule has 0 saturated heterocycles. The van der Waals surface area contributed by atoms with E-state index in [-0.39, 0.29) is 0 Å². The second-order valence-corrected chi connectivity index (χ2v) is 4.63. The van der Waals surface area contributed by atoms with E-state index in [9.17, 15) is 13.2 Å². The molecule has 0 unspecified atom stereocenters. The van der Waals surface area contributed by atoms with Gasteiger partial charge in [0.1, 0.15) is 0 Å². The van der Waals surface area contributed by atoms with E-state index in [1.807, 2.05) is 31.4 Å². The molecular formula is C15H16F3N. The van der Waals surface area contributed by atoms with Gasteiger partial charge in [-0.2, -0.15) is 13.2 Å². The molecule has 19 heavy (non-hydrogen) atoms. The van der Waals surface area contributed by atoms with Gasteiger partial charge in [-0.25, -0.2) is 0 Å². The van der Waals surface area contributed by atoms with Crippen LogP contribution in [0.4, 0.5) is 13.2 Å². The SMILES string of the molecule is CCc1cc(C)n(-c2cccc(C(F)(F)F)c2)c1C. The van der Waals surface area contributed by atoms with Crippen molar-refractivity contribution in [3.8, 4) is 5.69 Å². The predicted molar refractivity (Wildman–Crippen MR) is 69.6 cm³/mol. The van der Waals surface area contributed by atoms with Crippen LogP contribution < -0.4 is 0 Å². The normalized spacial score (nSPS) is 11.9. The lowest BCUT2D eigenvalue weighted by molar-refractivity contribution is -0.137. The number of alkyl halides is 3. The highest BCUT2D eigenvalue weighted by atomic mass is 19.4. The molecule has 0 atom stereocenters. The third-order valence-electron chi connectivity index (χ3n) is 3.35. The molecule has 0 spiro atoms. The molecule has 0 aliphatic heterocycles. The van der Waals surface area contributed by atoms with Crippen molar-refractivity contribution in [2.24, 2.45) is 0 Å². The lowest BCUT2D eigenvalue weighted by Crippen LogP contribution is -2.07. The average molecular weight is 267 g/mol. The summed E-state index contributed by atoms with van der Waals surface area (Å²) in [5, 5.41) is 0. The molecule has 1 nitrogen and oxygen atoms in total. The van der Waals surface area contributed by atoms with Crippen molar-refractivity contribution >= 4 is 0 Å². The third-order valence-corrected chi connectivity index (χ3v) is 3.35. The van der Waals surface area contributed by atoms with E-state index in [2.05, 4.69) is 0 Å². The van der Waals surface area contributed by atoms with Gasteiger partial charge in [-0.3, -0.25) is 0 Å². The van der Waals surface area contributed by atoms with Gasteiger partial charge in [0.2, 0.25) is 0 Å². The Labute approximate surface area is 110 Å². The van der Waals surface area contributed by atoms with Gasteiger partial charge in [-0.1, -0.05) is 13.0 Å². The third kappa shape index (κ3) is 2.53. The fourth-order valence-corrected chi connectivity index (χ4v) is 2.41. The minimum absolute atomic E-state index is 0.560. The summed E-state index contributed by atoms with van der Waals surface area (Å²) in [7, 11) is 0. The van der Waals surface area contributed by atoms with Crippen LogP contribution in [0.5, 0.6) is 0 Å². The number of hydrogen-bond acceptors (Lipinski definition) is 0. The Morgan fingerprint density at radius 3 is 2.32 bits per heavy atom. The molecule has 0 fully saturated rings. The van der Waals surface area contributed by atoms with E-state index in [1.54, 1.807) is 6.07 Å². The van der Waals surface area contributed by atoms with Crippen molar-refractivity contribution in [2.75, 3.05) is 0 Å². The Kier molecular flexibility index (Phi) is 3.43. The molecule has 2 rings (SSSR count). The second kappa shape index (κ2) is 4.76. The van der Waals surface area contributed by atoms with E-state index >= 15 is 0 Å². The maximum atomic E-state index is 12.7. The minimum Gasteiger partial charge on any atom is -0.318 e. The summed E-state index contributed by atoms with van der Waals surface area (Å²) in [6.45, 7) is 5.89. The zero-order valence-corrected chi connectivity index (χ0v) is 11.2. The van der Waals surface area contributed by atoms with Crippen LogP contribution in [0.3, 0.4) is 0 Å². The molecule has 0 amide bonds. The Morgan fingerprint density at radius 1 is 1.11 bits per heavy atom. The smallest absolute Gasteiger partial charge is 0.318 e. The highest BCUT2D eigenvalue weighted by Crippen LogP contribution is 2.31. The summed E-state index contributed by atoms with van der Waals surface area (Å²) in [6, 6.07) is 7.46. The van der Waals surface area contributed by atoms with Gasteiger partial charge in [0, 0.05) is 17.1 Å². The number of halogens is 3. The van der Waals surface area contributed by atoms with Crippen molar-refractivity contribution in [3.05, 3.63) is 52.8 Å². The molecule has 1 aromatic heterocycles. The first-order valence-electron chi connectivity index (χ1n) is 6.20. The van der Waals surface area contributed by atoms with Crippen LogP contribution in [0, 0.1) is 13.8 Å². The van der Waals surface area contributed by atoms with Crippen molar-refractivity contribution in [2.45, 2.75) is 33.4 Å². The zero-order valence-electron chi connectivity index (χ0n) is 11.2. The Bertz CT molecular complexity index is 594. The van der Waals surface area contributed by atoms with Gasteiger partial charge in [0.25, 0.3) is 0 Å².